The van der Waals surface area contributed by atoms with Gasteiger partial charge in [-0.3, -0.25) is 9.69 Å². The summed E-state index contributed by atoms with van der Waals surface area (Å²) >= 11 is 5.86. The molecule has 0 atom stereocenters. The normalized spacial score (nSPS) is 19.2. The Morgan fingerprint density at radius 2 is 1.56 bits per heavy atom. The van der Waals surface area contributed by atoms with Crippen LogP contribution in [-0.2, 0) is 0 Å². The van der Waals surface area contributed by atoms with Crippen molar-refractivity contribution in [2.24, 2.45) is 0 Å². The number of carbonyl (C=O) groups excluding carboxylic acids is 1. The molecule has 0 fully saturated rings. The van der Waals surface area contributed by atoms with Gasteiger partial charge in [0.1, 0.15) is 0 Å². The minimum Gasteiger partial charge on any atom is -0.347 e. The van der Waals surface area contributed by atoms with Gasteiger partial charge in [-0.1, -0.05) is 35.9 Å². The molecule has 3 rings (SSSR count). The van der Waals surface area contributed by atoms with E-state index in [4.69, 9.17) is 11.6 Å². The molecule has 0 radical (unpaired) electrons. The summed E-state index contributed by atoms with van der Waals surface area (Å²) < 4.78 is 0. The van der Waals surface area contributed by atoms with E-state index < -0.39 is 0 Å². The summed E-state index contributed by atoms with van der Waals surface area (Å²) in [7, 11) is 4.13. The molecule has 0 bridgehead atoms. The van der Waals surface area contributed by atoms with Gasteiger partial charge in [0.2, 0.25) is 0 Å². The summed E-state index contributed by atoms with van der Waals surface area (Å²) in [6.07, 6.45) is 16.6. The van der Waals surface area contributed by atoms with Gasteiger partial charge in [-0.05, 0) is 61.7 Å². The Bertz CT molecular complexity index is 766. The van der Waals surface area contributed by atoms with Gasteiger partial charge >= 0.3 is 0 Å². The number of hydrogen-bond acceptors (Lipinski definition) is 3. The van der Waals surface area contributed by atoms with E-state index in [1.54, 1.807) is 24.3 Å². The summed E-state index contributed by atoms with van der Waals surface area (Å²) in [5.41, 5.74) is 2.98. The molecule has 3 nitrogen and oxygen atoms in total. The third-order valence-corrected chi connectivity index (χ3v) is 4.51. The molecule has 0 amide bonds. The first-order chi connectivity index (χ1) is 12.0. The van der Waals surface area contributed by atoms with E-state index in [2.05, 4.69) is 43.3 Å². The Hall–Kier alpha value is -2.36. The Kier molecular flexibility index (Phi) is 5.37. The van der Waals surface area contributed by atoms with Crippen molar-refractivity contribution in [1.29, 1.82) is 0 Å². The molecule has 1 heterocycles. The van der Waals surface area contributed by atoms with Crippen LogP contribution in [-0.4, -0.2) is 42.3 Å². The van der Waals surface area contributed by atoms with Crippen molar-refractivity contribution in [3.05, 3.63) is 94.9 Å². The van der Waals surface area contributed by atoms with Crippen LogP contribution < -0.4 is 0 Å². The van der Waals surface area contributed by atoms with E-state index in [1.807, 2.05) is 29.5 Å². The number of nitrogens with zero attached hydrogens (tertiary/aromatic N) is 2. The lowest BCUT2D eigenvalue weighted by Crippen LogP contribution is -2.24. The minimum absolute atomic E-state index is 0.0633. The number of rotatable bonds is 4. The van der Waals surface area contributed by atoms with Crippen molar-refractivity contribution in [2.45, 2.75) is 6.04 Å². The van der Waals surface area contributed by atoms with Gasteiger partial charge in [0.15, 0.2) is 5.78 Å². The summed E-state index contributed by atoms with van der Waals surface area (Å²) in [6.45, 7) is 0.311. The van der Waals surface area contributed by atoms with Crippen LogP contribution in [0.1, 0.15) is 10.4 Å². The molecule has 25 heavy (non-hydrogen) atoms. The van der Waals surface area contributed by atoms with Crippen molar-refractivity contribution in [3.63, 3.8) is 0 Å². The zero-order valence-corrected chi connectivity index (χ0v) is 15.1. The number of ketones is 1. The number of benzene rings is 1. The topological polar surface area (TPSA) is 23.6 Å². The Morgan fingerprint density at radius 3 is 2.12 bits per heavy atom. The van der Waals surface area contributed by atoms with Gasteiger partial charge in [-0.25, -0.2) is 0 Å². The SMILES string of the molecule is CN(C)C1C=CC(=C2C=CN(CC(=O)c3ccc(Cl)cc3)C=C2)C=C1. The molecule has 1 aliphatic heterocycles. The van der Waals surface area contributed by atoms with E-state index in [0.717, 1.165) is 5.57 Å². The van der Waals surface area contributed by atoms with Gasteiger partial charge in [-0.15, -0.1) is 0 Å². The van der Waals surface area contributed by atoms with Crippen LogP contribution in [0, 0.1) is 0 Å². The van der Waals surface area contributed by atoms with Crippen LogP contribution >= 0.6 is 11.6 Å². The lowest BCUT2D eigenvalue weighted by molar-refractivity contribution is 0.0969. The largest absolute Gasteiger partial charge is 0.347 e. The predicted molar refractivity (Wildman–Crippen MR) is 104 cm³/mol. The molecule has 1 aliphatic carbocycles. The van der Waals surface area contributed by atoms with Crippen LogP contribution in [0.2, 0.25) is 5.02 Å². The fourth-order valence-electron chi connectivity index (χ4n) is 2.71. The maximum Gasteiger partial charge on any atom is 0.182 e. The molecule has 1 aromatic carbocycles. The molecule has 4 heteroatoms. The van der Waals surface area contributed by atoms with Crippen molar-refractivity contribution in [3.8, 4) is 0 Å². The molecule has 0 N–H and O–H groups in total. The molecule has 1 aromatic rings. The number of allylic oxidation sites excluding steroid dienone is 6. The third kappa shape index (κ3) is 4.38. The zero-order chi connectivity index (χ0) is 17.8. The highest BCUT2D eigenvalue weighted by molar-refractivity contribution is 6.30. The zero-order valence-electron chi connectivity index (χ0n) is 14.4. The minimum atomic E-state index is 0.0633. The second kappa shape index (κ2) is 7.68. The second-order valence-corrected chi connectivity index (χ2v) is 6.75. The smallest absolute Gasteiger partial charge is 0.182 e. The van der Waals surface area contributed by atoms with Crippen LogP contribution in [0.25, 0.3) is 0 Å². The fraction of sp³-hybridized carbons (Fsp3) is 0.190. The van der Waals surface area contributed by atoms with Crippen molar-refractivity contribution in [1.82, 2.24) is 9.80 Å². The summed E-state index contributed by atoms with van der Waals surface area (Å²) in [6, 6.07) is 7.33. The van der Waals surface area contributed by atoms with Gasteiger partial charge in [0.25, 0.3) is 0 Å². The third-order valence-electron chi connectivity index (χ3n) is 4.26. The van der Waals surface area contributed by atoms with Crippen LogP contribution in [0.4, 0.5) is 0 Å². The molecule has 128 valence electrons. The fourth-order valence-corrected chi connectivity index (χ4v) is 2.83. The molecular weight excluding hydrogens is 332 g/mol. The number of halogens is 1. The van der Waals surface area contributed by atoms with E-state index in [1.165, 1.54) is 5.57 Å². The maximum absolute atomic E-state index is 12.3. The van der Waals surface area contributed by atoms with E-state index in [9.17, 15) is 4.79 Å². The van der Waals surface area contributed by atoms with E-state index in [-0.39, 0.29) is 5.78 Å². The van der Waals surface area contributed by atoms with Crippen LogP contribution in [0.15, 0.2) is 84.3 Å². The van der Waals surface area contributed by atoms with E-state index in [0.29, 0.717) is 23.2 Å². The summed E-state index contributed by atoms with van der Waals surface area (Å²) in [5.74, 6) is 0.0633. The molecule has 0 unspecified atom stereocenters. The Balaban J connectivity index is 1.64. The maximum atomic E-state index is 12.3. The summed E-state index contributed by atoms with van der Waals surface area (Å²) in [4.78, 5) is 16.4. The number of Topliss-reactive ketones (excluding diaryl/α,β-unsaturated/α-hetero) is 1. The lowest BCUT2D eigenvalue weighted by atomic mass is 9.99. The van der Waals surface area contributed by atoms with Gasteiger partial charge < -0.3 is 4.90 Å². The summed E-state index contributed by atoms with van der Waals surface area (Å²) in [5, 5.41) is 0.635. The average molecular weight is 353 g/mol. The molecule has 0 saturated carbocycles. The Labute approximate surface area is 153 Å². The van der Waals surface area contributed by atoms with Gasteiger partial charge in [0, 0.05) is 29.0 Å². The first-order valence-corrected chi connectivity index (χ1v) is 8.59. The van der Waals surface area contributed by atoms with Gasteiger partial charge in [-0.2, -0.15) is 0 Å². The van der Waals surface area contributed by atoms with Gasteiger partial charge in [0.05, 0.1) is 6.54 Å². The number of likely N-dealkylation sites (N-methyl/N-ethyl adjacent to an activating group) is 1. The quantitative estimate of drug-likeness (QED) is 0.758. The molecule has 0 spiro atoms. The highest BCUT2D eigenvalue weighted by atomic mass is 35.5. The standard InChI is InChI=1S/C21H21ClN2O/c1-23(2)20-9-5-16(6-10-20)17-11-13-24(14-12-17)15-21(25)18-3-7-19(22)8-4-18/h3-14,20H,15H2,1-2H3. The van der Waals surface area contributed by atoms with Crippen molar-refractivity contribution >= 4 is 17.4 Å². The molecule has 0 aromatic heterocycles. The monoisotopic (exact) mass is 352 g/mol. The number of hydrogen-bond donors (Lipinski definition) is 0. The molecule has 0 saturated heterocycles. The first-order valence-electron chi connectivity index (χ1n) is 8.21. The van der Waals surface area contributed by atoms with Crippen LogP contribution in [0.3, 0.4) is 0 Å². The first kappa shape index (κ1) is 17.5. The Morgan fingerprint density at radius 1 is 1.00 bits per heavy atom. The number of carbonyl (C=O) groups is 1. The molecular formula is C21H21ClN2O. The van der Waals surface area contributed by atoms with Crippen molar-refractivity contribution in [2.75, 3.05) is 20.6 Å². The van der Waals surface area contributed by atoms with Crippen LogP contribution in [0.5, 0.6) is 0 Å². The van der Waals surface area contributed by atoms with Crippen molar-refractivity contribution < 1.29 is 4.79 Å². The lowest BCUT2D eigenvalue weighted by Gasteiger charge is -2.22. The predicted octanol–water partition coefficient (Wildman–Crippen LogP) is 4.22. The highest BCUT2D eigenvalue weighted by Crippen LogP contribution is 2.20. The molecule has 2 aliphatic rings. The van der Waals surface area contributed by atoms with E-state index >= 15 is 0 Å². The average Bonchev–Trinajstić information content (AvgIpc) is 2.63. The second-order valence-electron chi connectivity index (χ2n) is 6.32. The highest BCUT2D eigenvalue weighted by Gasteiger charge is 2.12.